The quantitative estimate of drug-likeness (QED) is 0.571. The first-order valence-electron chi connectivity index (χ1n) is 10.2. The fraction of sp³-hybridized carbons (Fsp3) is 0.375. The summed E-state index contributed by atoms with van der Waals surface area (Å²) < 4.78 is 7.77. The molecule has 0 spiro atoms. The molecule has 2 heterocycles. The number of hydrogen-bond donors (Lipinski definition) is 0. The van der Waals surface area contributed by atoms with E-state index < -0.39 is 0 Å². The third kappa shape index (κ3) is 4.38. The molecule has 4 heteroatoms. The lowest BCUT2D eigenvalue weighted by Crippen LogP contribution is -2.35. The number of carbonyl (C=O) groups is 1. The van der Waals surface area contributed by atoms with Crippen LogP contribution in [-0.2, 0) is 24.4 Å². The van der Waals surface area contributed by atoms with Crippen LogP contribution in [0.2, 0.25) is 0 Å². The molecule has 1 amide bonds. The summed E-state index contributed by atoms with van der Waals surface area (Å²) in [6, 6.07) is 16.6. The molecule has 4 nitrogen and oxygen atoms in total. The largest absolute Gasteiger partial charge is 0.467 e. The molecule has 0 bridgehead atoms. The molecular formula is C24H28N2O2. The van der Waals surface area contributed by atoms with Gasteiger partial charge in [-0.25, -0.2) is 0 Å². The van der Waals surface area contributed by atoms with E-state index in [1.165, 1.54) is 11.1 Å². The first-order chi connectivity index (χ1) is 13.7. The van der Waals surface area contributed by atoms with E-state index in [4.69, 9.17) is 4.42 Å². The summed E-state index contributed by atoms with van der Waals surface area (Å²) in [5.41, 5.74) is 3.68. The van der Waals surface area contributed by atoms with E-state index in [2.05, 4.69) is 54.1 Å². The van der Waals surface area contributed by atoms with Gasteiger partial charge >= 0.3 is 0 Å². The zero-order chi connectivity index (χ0) is 19.3. The highest BCUT2D eigenvalue weighted by Gasteiger charge is 2.28. The number of nitrogens with zero attached hydrogens (tertiary/aromatic N) is 2. The van der Waals surface area contributed by atoms with Gasteiger partial charge in [0.15, 0.2) is 0 Å². The zero-order valence-corrected chi connectivity index (χ0v) is 16.5. The van der Waals surface area contributed by atoms with Crippen molar-refractivity contribution in [1.82, 2.24) is 9.47 Å². The van der Waals surface area contributed by atoms with Crippen molar-refractivity contribution in [2.24, 2.45) is 5.92 Å². The molecule has 0 radical (unpaired) electrons. The predicted molar refractivity (Wildman–Crippen MR) is 110 cm³/mol. The van der Waals surface area contributed by atoms with Crippen LogP contribution in [0.1, 0.15) is 48.3 Å². The second-order valence-electron chi connectivity index (χ2n) is 7.87. The Balaban J connectivity index is 1.52. The van der Waals surface area contributed by atoms with Gasteiger partial charge < -0.3 is 13.9 Å². The fourth-order valence-corrected chi connectivity index (χ4v) is 4.07. The molecule has 3 aromatic rings. The van der Waals surface area contributed by atoms with Crippen LogP contribution in [0.3, 0.4) is 0 Å². The minimum Gasteiger partial charge on any atom is -0.467 e. The van der Waals surface area contributed by atoms with Gasteiger partial charge in [-0.3, -0.25) is 4.79 Å². The molecule has 0 aliphatic heterocycles. The van der Waals surface area contributed by atoms with Crippen molar-refractivity contribution >= 4 is 5.91 Å². The average Bonchev–Trinajstić information content (AvgIpc) is 3.46. The van der Waals surface area contributed by atoms with E-state index in [0.29, 0.717) is 13.1 Å². The number of carbonyl (C=O) groups excluding carboxylic acids is 1. The number of aryl methyl sites for hydroxylation is 1. The summed E-state index contributed by atoms with van der Waals surface area (Å²) in [4.78, 5) is 15.1. The van der Waals surface area contributed by atoms with Crippen molar-refractivity contribution < 1.29 is 9.21 Å². The predicted octanol–water partition coefficient (Wildman–Crippen LogP) is 5.16. The van der Waals surface area contributed by atoms with Crippen molar-refractivity contribution in [2.75, 3.05) is 0 Å². The van der Waals surface area contributed by atoms with E-state index in [1.54, 1.807) is 6.26 Å². The van der Waals surface area contributed by atoms with E-state index >= 15 is 0 Å². The molecule has 0 unspecified atom stereocenters. The van der Waals surface area contributed by atoms with E-state index in [1.807, 2.05) is 17.0 Å². The molecule has 1 aliphatic carbocycles. The van der Waals surface area contributed by atoms with Crippen LogP contribution < -0.4 is 0 Å². The molecule has 0 atom stereocenters. The molecule has 1 aliphatic rings. The number of benzene rings is 1. The Morgan fingerprint density at radius 1 is 1.07 bits per heavy atom. The summed E-state index contributed by atoms with van der Waals surface area (Å²) in [5, 5.41) is 0. The molecule has 28 heavy (non-hydrogen) atoms. The summed E-state index contributed by atoms with van der Waals surface area (Å²) in [6.07, 6.45) is 8.12. The average molecular weight is 377 g/mol. The van der Waals surface area contributed by atoms with E-state index in [0.717, 1.165) is 43.7 Å². The van der Waals surface area contributed by atoms with Crippen molar-refractivity contribution in [1.29, 1.82) is 0 Å². The summed E-state index contributed by atoms with van der Waals surface area (Å²) in [5.74, 6) is 1.26. The lowest BCUT2D eigenvalue weighted by Gasteiger charge is -2.25. The van der Waals surface area contributed by atoms with Crippen LogP contribution >= 0.6 is 0 Å². The third-order valence-electron chi connectivity index (χ3n) is 5.69. The molecular weight excluding hydrogens is 348 g/mol. The second kappa shape index (κ2) is 8.51. The monoisotopic (exact) mass is 376 g/mol. The third-order valence-corrected chi connectivity index (χ3v) is 5.69. The van der Waals surface area contributed by atoms with Gasteiger partial charge in [0.1, 0.15) is 5.76 Å². The first-order valence-corrected chi connectivity index (χ1v) is 10.2. The Kier molecular flexibility index (Phi) is 5.65. The molecule has 1 aromatic carbocycles. The number of amides is 1. The molecule has 0 N–H and O–H groups in total. The Hall–Kier alpha value is -2.75. The number of rotatable bonds is 7. The summed E-state index contributed by atoms with van der Waals surface area (Å²) in [7, 11) is 0. The van der Waals surface area contributed by atoms with Crippen LogP contribution in [0.4, 0.5) is 0 Å². The smallest absolute Gasteiger partial charge is 0.226 e. The Bertz CT molecular complexity index is 887. The highest BCUT2D eigenvalue weighted by molar-refractivity contribution is 5.79. The number of hydrogen-bond acceptors (Lipinski definition) is 2. The van der Waals surface area contributed by atoms with Gasteiger partial charge in [-0.2, -0.15) is 0 Å². The highest BCUT2D eigenvalue weighted by atomic mass is 16.3. The van der Waals surface area contributed by atoms with E-state index in [9.17, 15) is 4.79 Å². The van der Waals surface area contributed by atoms with Gasteiger partial charge in [-0.15, -0.1) is 0 Å². The van der Waals surface area contributed by atoms with Crippen LogP contribution in [0.25, 0.3) is 0 Å². The van der Waals surface area contributed by atoms with Crippen LogP contribution in [0, 0.1) is 12.8 Å². The normalized spacial score (nSPS) is 14.5. The highest BCUT2D eigenvalue weighted by Crippen LogP contribution is 2.28. The van der Waals surface area contributed by atoms with Crippen molar-refractivity contribution in [3.63, 3.8) is 0 Å². The molecule has 1 fully saturated rings. The standard InChI is InChI=1S/C24H28N2O2/c1-19-10-12-20(13-11-19)16-25-14-4-8-22(25)17-26(18-23-9-5-15-28-23)24(27)21-6-2-3-7-21/h4-5,8-15,21H,2-3,6-7,16-18H2,1H3. The Morgan fingerprint density at radius 2 is 1.86 bits per heavy atom. The lowest BCUT2D eigenvalue weighted by molar-refractivity contribution is -0.137. The lowest BCUT2D eigenvalue weighted by atomic mass is 10.1. The molecule has 146 valence electrons. The summed E-state index contributed by atoms with van der Waals surface area (Å²) >= 11 is 0. The topological polar surface area (TPSA) is 38.4 Å². The van der Waals surface area contributed by atoms with Gasteiger partial charge in [0.05, 0.1) is 19.4 Å². The van der Waals surface area contributed by atoms with Crippen molar-refractivity contribution in [3.05, 3.63) is 83.6 Å². The van der Waals surface area contributed by atoms with Gasteiger partial charge in [0, 0.05) is 24.4 Å². The molecule has 2 aromatic heterocycles. The molecule has 1 saturated carbocycles. The van der Waals surface area contributed by atoms with Gasteiger partial charge in [0.25, 0.3) is 0 Å². The van der Waals surface area contributed by atoms with Gasteiger partial charge in [0.2, 0.25) is 5.91 Å². The number of aromatic nitrogens is 1. The Morgan fingerprint density at radius 3 is 2.57 bits per heavy atom. The number of furan rings is 1. The van der Waals surface area contributed by atoms with Gasteiger partial charge in [-0.05, 0) is 49.6 Å². The van der Waals surface area contributed by atoms with Gasteiger partial charge in [-0.1, -0.05) is 42.7 Å². The molecule has 0 saturated heterocycles. The first kappa shape index (κ1) is 18.6. The minimum atomic E-state index is 0.162. The summed E-state index contributed by atoms with van der Waals surface area (Å²) in [6.45, 7) is 4.05. The SMILES string of the molecule is Cc1ccc(Cn2cccc2CN(Cc2ccco2)C(=O)C2CCCC2)cc1. The van der Waals surface area contributed by atoms with E-state index in [-0.39, 0.29) is 11.8 Å². The van der Waals surface area contributed by atoms with Crippen molar-refractivity contribution in [3.8, 4) is 0 Å². The van der Waals surface area contributed by atoms with Crippen molar-refractivity contribution in [2.45, 2.75) is 52.2 Å². The van der Waals surface area contributed by atoms with Crippen LogP contribution in [0.15, 0.2) is 65.4 Å². The zero-order valence-electron chi connectivity index (χ0n) is 16.5. The maximum Gasteiger partial charge on any atom is 0.226 e. The van der Waals surface area contributed by atoms with Crippen LogP contribution in [-0.4, -0.2) is 15.4 Å². The van der Waals surface area contributed by atoms with Crippen LogP contribution in [0.5, 0.6) is 0 Å². The minimum absolute atomic E-state index is 0.162. The fourth-order valence-electron chi connectivity index (χ4n) is 4.07. The molecule has 4 rings (SSSR count). The maximum atomic E-state index is 13.2. The second-order valence-corrected chi connectivity index (χ2v) is 7.87. The Labute approximate surface area is 166 Å². The maximum absolute atomic E-state index is 13.2.